The molecule has 0 saturated carbocycles. The minimum Gasteiger partial charge on any atom is -0.348 e. The molecular formula is C20H18F3N5O2S2. The number of nitro groups is 1. The highest BCUT2D eigenvalue weighted by molar-refractivity contribution is 7.18. The van der Waals surface area contributed by atoms with Gasteiger partial charge in [0.1, 0.15) is 11.4 Å². The van der Waals surface area contributed by atoms with Crippen LogP contribution in [0, 0.1) is 10.1 Å². The molecule has 0 amide bonds. The number of hydrogen-bond acceptors (Lipinski definition) is 8. The van der Waals surface area contributed by atoms with Gasteiger partial charge in [-0.25, -0.2) is 4.98 Å². The Labute approximate surface area is 189 Å². The summed E-state index contributed by atoms with van der Waals surface area (Å²) in [5, 5.41) is 18.2. The van der Waals surface area contributed by atoms with E-state index < -0.39 is 22.4 Å². The van der Waals surface area contributed by atoms with Gasteiger partial charge >= 0.3 is 6.18 Å². The molecular weight excluding hydrogens is 463 g/mol. The second-order valence-corrected chi connectivity index (χ2v) is 9.05. The van der Waals surface area contributed by atoms with Gasteiger partial charge in [0, 0.05) is 19.2 Å². The second-order valence-electron chi connectivity index (χ2n) is 7.09. The Morgan fingerprint density at radius 2 is 2.00 bits per heavy atom. The van der Waals surface area contributed by atoms with Crippen molar-refractivity contribution in [2.24, 2.45) is 5.10 Å². The predicted molar refractivity (Wildman–Crippen MR) is 121 cm³/mol. The summed E-state index contributed by atoms with van der Waals surface area (Å²) in [5.74, 6) is 0. The molecule has 1 aromatic carbocycles. The molecule has 0 aliphatic carbocycles. The fraction of sp³-hybridized carbons (Fsp3) is 0.300. The third kappa shape index (κ3) is 4.91. The average molecular weight is 482 g/mol. The number of benzene rings is 1. The lowest BCUT2D eigenvalue weighted by Crippen LogP contribution is -2.29. The normalized spacial score (nSPS) is 14.8. The topological polar surface area (TPSA) is 83.7 Å². The van der Waals surface area contributed by atoms with Gasteiger partial charge in [-0.05, 0) is 42.8 Å². The van der Waals surface area contributed by atoms with Crippen LogP contribution in [0.25, 0.3) is 10.6 Å². The van der Waals surface area contributed by atoms with Gasteiger partial charge in [0.25, 0.3) is 5.69 Å². The number of alkyl halides is 3. The Morgan fingerprint density at radius 3 is 2.66 bits per heavy atom. The first-order valence-corrected chi connectivity index (χ1v) is 11.5. The van der Waals surface area contributed by atoms with Crippen molar-refractivity contribution in [1.82, 2.24) is 4.98 Å². The van der Waals surface area contributed by atoms with Crippen LogP contribution < -0.4 is 10.3 Å². The summed E-state index contributed by atoms with van der Waals surface area (Å²) in [6, 6.07) is 6.15. The molecule has 3 aromatic rings. The Morgan fingerprint density at radius 1 is 1.22 bits per heavy atom. The number of hydrogen-bond donors (Lipinski definition) is 1. The van der Waals surface area contributed by atoms with Gasteiger partial charge in [-0.2, -0.15) is 18.3 Å². The maximum atomic E-state index is 12.9. The summed E-state index contributed by atoms with van der Waals surface area (Å²) in [6.45, 7) is 1.87. The largest absolute Gasteiger partial charge is 0.416 e. The Bertz CT molecular complexity index is 1120. The number of nitro benzene ring substituents is 1. The molecule has 1 N–H and O–H groups in total. The van der Waals surface area contributed by atoms with Gasteiger partial charge in [0.15, 0.2) is 5.13 Å². The minimum absolute atomic E-state index is 0.127. The van der Waals surface area contributed by atoms with Crippen LogP contribution in [-0.2, 0) is 6.18 Å². The number of nitrogens with zero attached hydrogens (tertiary/aromatic N) is 4. The molecule has 1 aliphatic rings. The summed E-state index contributed by atoms with van der Waals surface area (Å²) in [5.41, 5.74) is 1.36. The standard InChI is InChI=1S/C20H18F3N5O2S2/c21-20(22,23)13-6-7-14(15(11-13)28(29)30)26-24-12-17-18(16-5-4-10-31-16)25-19(32-17)27-8-2-1-3-9-27/h4-7,10-12,26H,1-3,8-9H2/b24-12+. The lowest BCUT2D eigenvalue weighted by atomic mass is 10.1. The van der Waals surface area contributed by atoms with Crippen LogP contribution in [0.2, 0.25) is 0 Å². The zero-order valence-corrected chi connectivity index (χ0v) is 18.3. The minimum atomic E-state index is -4.67. The first-order valence-electron chi connectivity index (χ1n) is 9.77. The smallest absolute Gasteiger partial charge is 0.348 e. The van der Waals surface area contributed by atoms with E-state index >= 15 is 0 Å². The fourth-order valence-electron chi connectivity index (χ4n) is 3.33. The first-order chi connectivity index (χ1) is 15.3. The number of rotatable bonds is 6. The van der Waals surface area contributed by atoms with E-state index in [-0.39, 0.29) is 5.69 Å². The van der Waals surface area contributed by atoms with Crippen LogP contribution in [0.3, 0.4) is 0 Å². The van der Waals surface area contributed by atoms with Crippen molar-refractivity contribution >= 4 is 45.4 Å². The third-order valence-electron chi connectivity index (χ3n) is 4.91. The zero-order valence-electron chi connectivity index (χ0n) is 16.6. The molecule has 168 valence electrons. The van der Waals surface area contributed by atoms with Gasteiger partial charge in [-0.15, -0.1) is 11.3 Å². The summed E-state index contributed by atoms with van der Waals surface area (Å²) in [7, 11) is 0. The number of anilines is 2. The van der Waals surface area contributed by atoms with Gasteiger partial charge in [-0.3, -0.25) is 15.5 Å². The van der Waals surface area contributed by atoms with E-state index in [0.29, 0.717) is 6.07 Å². The van der Waals surface area contributed by atoms with E-state index in [1.54, 1.807) is 0 Å². The molecule has 4 rings (SSSR count). The van der Waals surface area contributed by atoms with E-state index in [9.17, 15) is 23.3 Å². The van der Waals surface area contributed by atoms with Crippen molar-refractivity contribution < 1.29 is 18.1 Å². The molecule has 1 saturated heterocycles. The van der Waals surface area contributed by atoms with E-state index in [4.69, 9.17) is 4.98 Å². The average Bonchev–Trinajstić information content (AvgIpc) is 3.43. The van der Waals surface area contributed by atoms with E-state index in [1.165, 1.54) is 35.3 Å². The van der Waals surface area contributed by atoms with Crippen molar-refractivity contribution in [3.63, 3.8) is 0 Å². The quantitative estimate of drug-likeness (QED) is 0.256. The molecule has 3 heterocycles. The highest BCUT2D eigenvalue weighted by atomic mass is 32.1. The summed E-state index contributed by atoms with van der Waals surface area (Å²) >= 11 is 3.00. The SMILES string of the molecule is O=[N+]([O-])c1cc(C(F)(F)F)ccc1N/N=C/c1sc(N2CCCCC2)nc1-c1cccs1. The van der Waals surface area contributed by atoms with Crippen molar-refractivity contribution in [1.29, 1.82) is 0 Å². The Hall–Kier alpha value is -2.99. The van der Waals surface area contributed by atoms with Crippen molar-refractivity contribution in [2.45, 2.75) is 25.4 Å². The van der Waals surface area contributed by atoms with Crippen LogP contribution in [-0.4, -0.2) is 29.2 Å². The molecule has 2 aromatic heterocycles. The molecule has 0 radical (unpaired) electrons. The lowest BCUT2D eigenvalue weighted by Gasteiger charge is -2.25. The van der Waals surface area contributed by atoms with Crippen LogP contribution in [0.4, 0.5) is 29.7 Å². The maximum Gasteiger partial charge on any atom is 0.416 e. The van der Waals surface area contributed by atoms with E-state index in [0.717, 1.165) is 58.6 Å². The highest BCUT2D eigenvalue weighted by Gasteiger charge is 2.33. The number of halogens is 3. The van der Waals surface area contributed by atoms with Crippen LogP contribution in [0.1, 0.15) is 29.7 Å². The van der Waals surface area contributed by atoms with Gasteiger partial charge in [-0.1, -0.05) is 17.4 Å². The summed E-state index contributed by atoms with van der Waals surface area (Å²) < 4.78 is 38.7. The fourth-order valence-corrected chi connectivity index (χ4v) is 5.13. The monoisotopic (exact) mass is 481 g/mol. The Balaban J connectivity index is 1.61. The van der Waals surface area contributed by atoms with Gasteiger partial charge < -0.3 is 4.90 Å². The number of thiophene rings is 1. The summed E-state index contributed by atoms with van der Waals surface area (Å²) in [6.07, 6.45) is 0.244. The molecule has 0 spiro atoms. The predicted octanol–water partition coefficient (Wildman–Crippen LogP) is 6.23. The number of nitrogens with one attached hydrogen (secondary N) is 1. The van der Waals surface area contributed by atoms with Gasteiger partial charge in [0.2, 0.25) is 0 Å². The van der Waals surface area contributed by atoms with Crippen LogP contribution in [0.5, 0.6) is 0 Å². The second kappa shape index (κ2) is 9.25. The van der Waals surface area contributed by atoms with E-state index in [2.05, 4.69) is 15.4 Å². The third-order valence-corrected chi connectivity index (χ3v) is 6.84. The zero-order chi connectivity index (χ0) is 22.7. The molecule has 1 aliphatic heterocycles. The Kier molecular flexibility index (Phi) is 6.42. The molecule has 0 bridgehead atoms. The van der Waals surface area contributed by atoms with E-state index in [1.807, 2.05) is 17.5 Å². The molecule has 1 fully saturated rings. The summed E-state index contributed by atoms with van der Waals surface area (Å²) in [4.78, 5) is 19.1. The highest BCUT2D eigenvalue weighted by Crippen LogP contribution is 2.36. The molecule has 0 unspecified atom stereocenters. The number of aromatic nitrogens is 1. The molecule has 0 atom stereocenters. The van der Waals surface area contributed by atoms with Crippen LogP contribution >= 0.6 is 22.7 Å². The molecule has 32 heavy (non-hydrogen) atoms. The molecule has 12 heteroatoms. The molecule has 7 nitrogen and oxygen atoms in total. The van der Waals surface area contributed by atoms with Gasteiger partial charge in [0.05, 0.1) is 26.5 Å². The first kappa shape index (κ1) is 22.2. The van der Waals surface area contributed by atoms with Crippen molar-refractivity contribution in [3.05, 3.63) is 56.3 Å². The lowest BCUT2D eigenvalue weighted by molar-refractivity contribution is -0.384. The van der Waals surface area contributed by atoms with Crippen LogP contribution in [0.15, 0.2) is 40.8 Å². The number of hydrazone groups is 1. The van der Waals surface area contributed by atoms with Crippen molar-refractivity contribution in [3.8, 4) is 10.6 Å². The maximum absolute atomic E-state index is 12.9. The number of thiazole rings is 1. The number of piperidine rings is 1. The van der Waals surface area contributed by atoms with Crippen molar-refractivity contribution in [2.75, 3.05) is 23.4 Å².